The summed E-state index contributed by atoms with van der Waals surface area (Å²) in [6.07, 6.45) is 5.83. The first kappa shape index (κ1) is 12.2. The summed E-state index contributed by atoms with van der Waals surface area (Å²) in [5.74, 6) is 1.85. The Labute approximate surface area is 117 Å². The van der Waals surface area contributed by atoms with Gasteiger partial charge in [-0.15, -0.1) is 0 Å². The predicted molar refractivity (Wildman–Crippen MR) is 78.0 cm³/mol. The van der Waals surface area contributed by atoms with Crippen molar-refractivity contribution < 1.29 is 4.42 Å². The molecule has 0 aromatic carbocycles. The Hall–Kier alpha value is -1.88. The highest BCUT2D eigenvalue weighted by Crippen LogP contribution is 2.32. The zero-order valence-electron chi connectivity index (χ0n) is 10.5. The molecule has 0 radical (unpaired) electrons. The molecule has 1 aliphatic carbocycles. The maximum absolute atomic E-state index is 5.68. The van der Waals surface area contributed by atoms with Crippen LogP contribution in [0.25, 0.3) is 0 Å². The number of nitrogens with two attached hydrogens (primary N) is 1. The van der Waals surface area contributed by atoms with Crippen molar-refractivity contribution >= 4 is 23.0 Å². The van der Waals surface area contributed by atoms with Crippen LogP contribution < -0.4 is 10.6 Å². The number of anilines is 1. The van der Waals surface area contributed by atoms with E-state index in [0.717, 1.165) is 23.7 Å². The maximum Gasteiger partial charge on any atom is 0.129 e. The SMILES string of the molecule is NC(=S)c1ccnc(N(Cc2ccco2)C2CC2)c1. The molecule has 0 unspecified atom stereocenters. The van der Waals surface area contributed by atoms with Crippen molar-refractivity contribution in [2.24, 2.45) is 5.73 Å². The Balaban J connectivity index is 1.87. The van der Waals surface area contributed by atoms with Gasteiger partial charge in [0.25, 0.3) is 0 Å². The Bertz CT molecular complexity index is 578. The second-order valence-electron chi connectivity index (χ2n) is 4.71. The second kappa shape index (κ2) is 5.01. The predicted octanol–water partition coefficient (Wildman–Crippen LogP) is 2.48. The van der Waals surface area contributed by atoms with Crippen LogP contribution in [0.2, 0.25) is 0 Å². The highest BCUT2D eigenvalue weighted by molar-refractivity contribution is 7.80. The normalized spacial score (nSPS) is 14.3. The van der Waals surface area contributed by atoms with Gasteiger partial charge in [-0.25, -0.2) is 4.98 Å². The second-order valence-corrected chi connectivity index (χ2v) is 5.15. The molecule has 1 aliphatic rings. The molecule has 0 aliphatic heterocycles. The number of furan rings is 1. The van der Waals surface area contributed by atoms with E-state index in [2.05, 4.69) is 9.88 Å². The van der Waals surface area contributed by atoms with E-state index in [1.54, 1.807) is 12.5 Å². The van der Waals surface area contributed by atoms with E-state index in [1.165, 1.54) is 12.8 Å². The molecule has 2 aromatic heterocycles. The van der Waals surface area contributed by atoms with Gasteiger partial charge in [0, 0.05) is 17.8 Å². The number of aromatic nitrogens is 1. The summed E-state index contributed by atoms with van der Waals surface area (Å²) in [7, 11) is 0. The fourth-order valence-corrected chi connectivity index (χ4v) is 2.21. The average molecular weight is 273 g/mol. The summed E-state index contributed by atoms with van der Waals surface area (Å²) in [4.78, 5) is 7.08. The fraction of sp³-hybridized carbons (Fsp3) is 0.286. The minimum Gasteiger partial charge on any atom is -0.467 e. The van der Waals surface area contributed by atoms with Crippen LogP contribution in [0.3, 0.4) is 0 Å². The maximum atomic E-state index is 5.68. The van der Waals surface area contributed by atoms with E-state index in [0.29, 0.717) is 11.0 Å². The van der Waals surface area contributed by atoms with Crippen molar-refractivity contribution in [3.63, 3.8) is 0 Å². The van der Waals surface area contributed by atoms with Crippen LogP contribution in [-0.4, -0.2) is 16.0 Å². The molecule has 0 amide bonds. The Kier molecular flexibility index (Phi) is 3.21. The summed E-state index contributed by atoms with van der Waals surface area (Å²) in [6, 6.07) is 8.21. The van der Waals surface area contributed by atoms with Gasteiger partial charge in [-0.1, -0.05) is 12.2 Å². The lowest BCUT2D eigenvalue weighted by atomic mass is 10.2. The van der Waals surface area contributed by atoms with E-state index in [-0.39, 0.29) is 0 Å². The van der Waals surface area contributed by atoms with Crippen LogP contribution in [0.4, 0.5) is 5.82 Å². The number of hydrogen-bond acceptors (Lipinski definition) is 4. The van der Waals surface area contributed by atoms with Gasteiger partial charge in [0.2, 0.25) is 0 Å². The Morgan fingerprint density at radius 3 is 2.95 bits per heavy atom. The van der Waals surface area contributed by atoms with Crippen LogP contribution >= 0.6 is 12.2 Å². The van der Waals surface area contributed by atoms with Gasteiger partial charge < -0.3 is 15.1 Å². The first-order valence-electron chi connectivity index (χ1n) is 6.29. The summed E-state index contributed by atoms with van der Waals surface area (Å²) >= 11 is 5.02. The van der Waals surface area contributed by atoms with Gasteiger partial charge in [-0.3, -0.25) is 0 Å². The Morgan fingerprint density at radius 1 is 1.47 bits per heavy atom. The minimum absolute atomic E-state index is 0.400. The molecule has 0 saturated heterocycles. The van der Waals surface area contributed by atoms with Crippen molar-refractivity contribution in [2.75, 3.05) is 4.90 Å². The molecule has 2 aromatic rings. The van der Waals surface area contributed by atoms with E-state index in [9.17, 15) is 0 Å². The fourth-order valence-electron chi connectivity index (χ4n) is 2.08. The first-order valence-corrected chi connectivity index (χ1v) is 6.70. The third-order valence-corrected chi connectivity index (χ3v) is 3.45. The topological polar surface area (TPSA) is 55.3 Å². The van der Waals surface area contributed by atoms with Crippen LogP contribution in [0.1, 0.15) is 24.2 Å². The molecule has 2 N–H and O–H groups in total. The van der Waals surface area contributed by atoms with E-state index in [4.69, 9.17) is 22.4 Å². The number of hydrogen-bond donors (Lipinski definition) is 1. The molecule has 1 fully saturated rings. The molecule has 19 heavy (non-hydrogen) atoms. The lowest BCUT2D eigenvalue weighted by Gasteiger charge is -2.22. The molecule has 0 atom stereocenters. The molecule has 1 saturated carbocycles. The third-order valence-electron chi connectivity index (χ3n) is 3.22. The van der Waals surface area contributed by atoms with Crippen molar-refractivity contribution in [3.8, 4) is 0 Å². The summed E-state index contributed by atoms with van der Waals surface area (Å²) < 4.78 is 5.42. The largest absolute Gasteiger partial charge is 0.467 e. The molecule has 3 rings (SSSR count). The van der Waals surface area contributed by atoms with E-state index in [1.807, 2.05) is 24.3 Å². The molecule has 5 heteroatoms. The van der Waals surface area contributed by atoms with Crippen LogP contribution in [0, 0.1) is 0 Å². The number of thiocarbonyl (C=S) groups is 1. The molecule has 2 heterocycles. The minimum atomic E-state index is 0.400. The standard InChI is InChI=1S/C14H15N3OS/c15-14(19)10-5-6-16-13(8-10)17(11-3-4-11)9-12-2-1-7-18-12/h1-2,5-8,11H,3-4,9H2,(H2,15,19). The first-order chi connectivity index (χ1) is 9.24. The van der Waals surface area contributed by atoms with Gasteiger partial charge in [-0.05, 0) is 37.1 Å². The van der Waals surface area contributed by atoms with Crippen molar-refractivity contribution in [3.05, 3.63) is 48.0 Å². The number of nitrogens with zero attached hydrogens (tertiary/aromatic N) is 2. The van der Waals surface area contributed by atoms with Gasteiger partial charge in [0.1, 0.15) is 16.6 Å². The molecular weight excluding hydrogens is 258 g/mol. The summed E-state index contributed by atoms with van der Waals surface area (Å²) in [5.41, 5.74) is 6.53. The van der Waals surface area contributed by atoms with Crippen LogP contribution in [0.5, 0.6) is 0 Å². The van der Waals surface area contributed by atoms with Crippen molar-refractivity contribution in [2.45, 2.75) is 25.4 Å². The molecular formula is C14H15N3OS. The average Bonchev–Trinajstić information content (AvgIpc) is 3.13. The quantitative estimate of drug-likeness (QED) is 0.848. The number of rotatable bonds is 5. The lowest BCUT2D eigenvalue weighted by molar-refractivity contribution is 0.500. The lowest BCUT2D eigenvalue weighted by Crippen LogP contribution is -2.26. The monoisotopic (exact) mass is 273 g/mol. The van der Waals surface area contributed by atoms with Gasteiger partial charge >= 0.3 is 0 Å². The smallest absolute Gasteiger partial charge is 0.129 e. The molecule has 0 bridgehead atoms. The summed E-state index contributed by atoms with van der Waals surface area (Å²) in [6.45, 7) is 0.728. The molecule has 0 spiro atoms. The zero-order chi connectivity index (χ0) is 13.2. The third kappa shape index (κ3) is 2.76. The van der Waals surface area contributed by atoms with Gasteiger partial charge in [0.05, 0.1) is 12.8 Å². The number of pyridine rings is 1. The van der Waals surface area contributed by atoms with E-state index < -0.39 is 0 Å². The van der Waals surface area contributed by atoms with E-state index >= 15 is 0 Å². The highest BCUT2D eigenvalue weighted by atomic mass is 32.1. The Morgan fingerprint density at radius 2 is 2.32 bits per heavy atom. The summed E-state index contributed by atoms with van der Waals surface area (Å²) in [5, 5.41) is 0. The van der Waals surface area contributed by atoms with Gasteiger partial charge in [-0.2, -0.15) is 0 Å². The highest BCUT2D eigenvalue weighted by Gasteiger charge is 2.30. The van der Waals surface area contributed by atoms with Gasteiger partial charge in [0.15, 0.2) is 0 Å². The zero-order valence-corrected chi connectivity index (χ0v) is 11.3. The van der Waals surface area contributed by atoms with Crippen molar-refractivity contribution in [1.82, 2.24) is 4.98 Å². The molecule has 98 valence electrons. The van der Waals surface area contributed by atoms with Crippen LogP contribution in [-0.2, 0) is 6.54 Å². The molecule has 4 nitrogen and oxygen atoms in total. The van der Waals surface area contributed by atoms with Crippen molar-refractivity contribution in [1.29, 1.82) is 0 Å². The van der Waals surface area contributed by atoms with Crippen LogP contribution in [0.15, 0.2) is 41.1 Å².